The van der Waals surface area contributed by atoms with Crippen molar-refractivity contribution in [1.82, 2.24) is 9.55 Å². The standard InChI is InChI=1S/C23H17BrClFN2O2S/c1-30-21-8-3-2-5-14(21)12-28-22(29)16-11-15(24)9-10-20(16)27-23(28)31-13-17-18(25)6-4-7-19(17)26/h2-11H,12-13H2,1H3. The number of benzene rings is 3. The van der Waals surface area contributed by atoms with E-state index in [9.17, 15) is 9.18 Å². The van der Waals surface area contributed by atoms with Gasteiger partial charge in [-0.1, -0.05) is 63.6 Å². The summed E-state index contributed by atoms with van der Waals surface area (Å²) in [6.07, 6.45) is 0. The average molecular weight is 520 g/mol. The number of hydrogen-bond donors (Lipinski definition) is 0. The van der Waals surface area contributed by atoms with E-state index in [0.717, 1.165) is 10.0 Å². The molecular formula is C23H17BrClFN2O2S. The van der Waals surface area contributed by atoms with E-state index < -0.39 is 0 Å². The Kier molecular flexibility index (Phi) is 6.65. The molecular weight excluding hydrogens is 503 g/mol. The first-order chi connectivity index (χ1) is 15.0. The van der Waals surface area contributed by atoms with Crippen LogP contribution in [0.3, 0.4) is 0 Å². The SMILES string of the molecule is COc1ccccc1Cn1c(SCc2c(F)cccc2Cl)nc2ccc(Br)cc2c1=O. The molecule has 0 bridgehead atoms. The number of aromatic nitrogens is 2. The molecule has 1 aromatic heterocycles. The molecule has 1 heterocycles. The lowest BCUT2D eigenvalue weighted by atomic mass is 10.2. The number of para-hydroxylation sites is 1. The van der Waals surface area contributed by atoms with Crippen LogP contribution in [0.5, 0.6) is 5.75 Å². The minimum Gasteiger partial charge on any atom is -0.496 e. The molecule has 4 aromatic rings. The van der Waals surface area contributed by atoms with Crippen LogP contribution in [0, 0.1) is 5.82 Å². The molecule has 0 aliphatic rings. The van der Waals surface area contributed by atoms with Crippen molar-refractivity contribution in [3.8, 4) is 5.75 Å². The van der Waals surface area contributed by atoms with Crippen LogP contribution in [0.2, 0.25) is 5.02 Å². The summed E-state index contributed by atoms with van der Waals surface area (Å²) < 4.78 is 22.1. The molecule has 31 heavy (non-hydrogen) atoms. The Morgan fingerprint density at radius 2 is 1.97 bits per heavy atom. The van der Waals surface area contributed by atoms with Crippen molar-refractivity contribution < 1.29 is 9.13 Å². The van der Waals surface area contributed by atoms with Gasteiger partial charge < -0.3 is 4.74 Å². The zero-order chi connectivity index (χ0) is 22.0. The van der Waals surface area contributed by atoms with Gasteiger partial charge in [-0.25, -0.2) is 9.37 Å². The molecule has 0 amide bonds. The van der Waals surface area contributed by atoms with Crippen LogP contribution >= 0.6 is 39.3 Å². The monoisotopic (exact) mass is 518 g/mol. The number of thioether (sulfide) groups is 1. The van der Waals surface area contributed by atoms with Gasteiger partial charge in [-0.05, 0) is 36.4 Å². The van der Waals surface area contributed by atoms with Gasteiger partial charge >= 0.3 is 0 Å². The summed E-state index contributed by atoms with van der Waals surface area (Å²) in [7, 11) is 1.59. The highest BCUT2D eigenvalue weighted by molar-refractivity contribution is 9.10. The smallest absolute Gasteiger partial charge is 0.262 e. The molecule has 3 aromatic carbocycles. The summed E-state index contributed by atoms with van der Waals surface area (Å²) in [6.45, 7) is 0.269. The lowest BCUT2D eigenvalue weighted by molar-refractivity contribution is 0.407. The Balaban J connectivity index is 1.81. The summed E-state index contributed by atoms with van der Waals surface area (Å²) in [5.41, 5.74) is 1.61. The minimum atomic E-state index is -0.386. The zero-order valence-corrected chi connectivity index (χ0v) is 19.6. The molecule has 0 aliphatic carbocycles. The third-order valence-electron chi connectivity index (χ3n) is 4.81. The molecule has 0 atom stereocenters. The Morgan fingerprint density at radius 3 is 2.74 bits per heavy atom. The summed E-state index contributed by atoms with van der Waals surface area (Å²) in [6, 6.07) is 17.5. The Hall–Kier alpha value is -2.35. The summed E-state index contributed by atoms with van der Waals surface area (Å²) in [5, 5.41) is 1.32. The molecule has 0 fully saturated rings. The molecule has 4 rings (SSSR count). The van der Waals surface area contributed by atoms with Gasteiger partial charge in [0, 0.05) is 26.4 Å². The molecule has 0 unspecified atom stereocenters. The van der Waals surface area contributed by atoms with E-state index in [-0.39, 0.29) is 23.7 Å². The molecule has 8 heteroatoms. The average Bonchev–Trinajstić information content (AvgIpc) is 2.76. The number of ether oxygens (including phenoxy) is 1. The van der Waals surface area contributed by atoms with E-state index in [0.29, 0.717) is 32.4 Å². The number of nitrogens with zero attached hydrogens (tertiary/aromatic N) is 2. The molecule has 0 saturated heterocycles. The normalized spacial score (nSPS) is 11.1. The van der Waals surface area contributed by atoms with Gasteiger partial charge in [0.05, 0.1) is 24.6 Å². The van der Waals surface area contributed by atoms with Crippen LogP contribution in [0.25, 0.3) is 10.9 Å². The van der Waals surface area contributed by atoms with E-state index in [4.69, 9.17) is 21.3 Å². The van der Waals surface area contributed by atoms with Crippen molar-refractivity contribution in [1.29, 1.82) is 0 Å². The maximum atomic E-state index is 14.3. The number of methoxy groups -OCH3 is 1. The first-order valence-electron chi connectivity index (χ1n) is 9.35. The second-order valence-corrected chi connectivity index (χ2v) is 9.01. The van der Waals surface area contributed by atoms with Crippen molar-refractivity contribution in [3.63, 3.8) is 0 Å². The fourth-order valence-electron chi connectivity index (χ4n) is 3.23. The van der Waals surface area contributed by atoms with Crippen molar-refractivity contribution in [2.75, 3.05) is 7.11 Å². The lowest BCUT2D eigenvalue weighted by Crippen LogP contribution is -2.24. The van der Waals surface area contributed by atoms with Crippen molar-refractivity contribution in [3.05, 3.63) is 97.5 Å². The number of hydrogen-bond acceptors (Lipinski definition) is 4. The highest BCUT2D eigenvalue weighted by Gasteiger charge is 2.16. The van der Waals surface area contributed by atoms with E-state index >= 15 is 0 Å². The Bertz CT molecular complexity index is 1310. The minimum absolute atomic E-state index is 0.181. The van der Waals surface area contributed by atoms with Gasteiger partial charge in [-0.3, -0.25) is 9.36 Å². The number of halogens is 3. The molecule has 0 radical (unpaired) electrons. The third kappa shape index (κ3) is 4.63. The largest absolute Gasteiger partial charge is 0.496 e. The fraction of sp³-hybridized carbons (Fsp3) is 0.130. The quantitative estimate of drug-likeness (QED) is 0.221. The highest BCUT2D eigenvalue weighted by atomic mass is 79.9. The summed E-state index contributed by atoms with van der Waals surface area (Å²) >= 11 is 10.9. The van der Waals surface area contributed by atoms with Crippen LogP contribution in [-0.4, -0.2) is 16.7 Å². The van der Waals surface area contributed by atoms with Crippen molar-refractivity contribution >= 4 is 50.2 Å². The predicted octanol–water partition coefficient (Wildman–Crippen LogP) is 6.30. The highest BCUT2D eigenvalue weighted by Crippen LogP contribution is 2.29. The van der Waals surface area contributed by atoms with Gasteiger partial charge in [-0.15, -0.1) is 0 Å². The van der Waals surface area contributed by atoms with Crippen molar-refractivity contribution in [2.24, 2.45) is 0 Å². The van der Waals surface area contributed by atoms with Gasteiger partial charge in [0.1, 0.15) is 11.6 Å². The van der Waals surface area contributed by atoms with E-state index in [1.54, 1.807) is 35.9 Å². The van der Waals surface area contributed by atoms with Crippen LogP contribution in [0.4, 0.5) is 4.39 Å². The number of fused-ring (bicyclic) bond motifs is 1. The third-order valence-corrected chi connectivity index (χ3v) is 6.66. The molecule has 158 valence electrons. The fourth-order valence-corrected chi connectivity index (χ4v) is 4.94. The first kappa shape index (κ1) is 21.9. The lowest BCUT2D eigenvalue weighted by Gasteiger charge is -2.15. The maximum absolute atomic E-state index is 14.3. The zero-order valence-electron chi connectivity index (χ0n) is 16.4. The van der Waals surface area contributed by atoms with Crippen LogP contribution < -0.4 is 10.3 Å². The van der Waals surface area contributed by atoms with Crippen molar-refractivity contribution in [2.45, 2.75) is 17.5 Å². The Morgan fingerprint density at radius 1 is 1.16 bits per heavy atom. The molecule has 0 aliphatic heterocycles. The van der Waals surface area contributed by atoms with Crippen LogP contribution in [0.1, 0.15) is 11.1 Å². The van der Waals surface area contributed by atoms with Gasteiger partial charge in [0.15, 0.2) is 5.16 Å². The second kappa shape index (κ2) is 9.42. The molecule has 0 spiro atoms. The van der Waals surface area contributed by atoms with Gasteiger partial charge in [0.25, 0.3) is 5.56 Å². The van der Waals surface area contributed by atoms with E-state index in [2.05, 4.69) is 15.9 Å². The first-order valence-corrected chi connectivity index (χ1v) is 11.5. The van der Waals surface area contributed by atoms with E-state index in [1.165, 1.54) is 17.8 Å². The summed E-state index contributed by atoms with van der Waals surface area (Å²) in [5.74, 6) is 0.534. The second-order valence-electron chi connectivity index (χ2n) is 6.75. The summed E-state index contributed by atoms with van der Waals surface area (Å²) in [4.78, 5) is 18.1. The molecule has 0 saturated carbocycles. The van der Waals surface area contributed by atoms with Crippen LogP contribution in [-0.2, 0) is 12.3 Å². The van der Waals surface area contributed by atoms with Gasteiger partial charge in [0.2, 0.25) is 0 Å². The van der Waals surface area contributed by atoms with Gasteiger partial charge in [-0.2, -0.15) is 0 Å². The molecule has 0 N–H and O–H groups in total. The predicted molar refractivity (Wildman–Crippen MR) is 127 cm³/mol. The van der Waals surface area contributed by atoms with Crippen LogP contribution in [0.15, 0.2) is 75.1 Å². The maximum Gasteiger partial charge on any atom is 0.262 e. The topological polar surface area (TPSA) is 44.1 Å². The molecule has 4 nitrogen and oxygen atoms in total. The number of rotatable bonds is 6. The Labute approximate surface area is 196 Å². The van der Waals surface area contributed by atoms with E-state index in [1.807, 2.05) is 30.3 Å².